The average molecular weight is 389 g/mol. The Kier molecular flexibility index (Phi) is 4.35. The van der Waals surface area contributed by atoms with Gasteiger partial charge in [0, 0.05) is 22.0 Å². The van der Waals surface area contributed by atoms with E-state index in [1.165, 1.54) is 12.1 Å². The van der Waals surface area contributed by atoms with Crippen LogP contribution in [0.1, 0.15) is 17.4 Å². The molecule has 2 aromatic carbocycles. The van der Waals surface area contributed by atoms with E-state index in [-0.39, 0.29) is 12.3 Å². The fourth-order valence-corrected chi connectivity index (χ4v) is 3.01. The zero-order chi connectivity index (χ0) is 17.3. The lowest BCUT2D eigenvalue weighted by atomic mass is 10.2. The molecule has 0 saturated carbocycles. The van der Waals surface area contributed by atoms with E-state index < -0.39 is 10.9 Å². The van der Waals surface area contributed by atoms with Crippen molar-refractivity contribution < 1.29 is 14.5 Å². The molecule has 6 nitrogen and oxygen atoms in total. The van der Waals surface area contributed by atoms with Gasteiger partial charge in [-0.05, 0) is 47.1 Å². The van der Waals surface area contributed by atoms with Gasteiger partial charge in [-0.3, -0.25) is 10.1 Å². The Balaban J connectivity index is 2.34. The molecule has 1 heterocycles. The third-order valence-corrected chi connectivity index (χ3v) is 4.25. The van der Waals surface area contributed by atoms with Crippen LogP contribution in [0.3, 0.4) is 0 Å². The fourth-order valence-electron chi connectivity index (χ4n) is 2.55. The first-order valence-electron chi connectivity index (χ1n) is 7.25. The molecule has 0 unspecified atom stereocenters. The van der Waals surface area contributed by atoms with Gasteiger partial charge in [0.2, 0.25) is 0 Å². The van der Waals surface area contributed by atoms with Gasteiger partial charge in [-0.25, -0.2) is 4.79 Å². The summed E-state index contributed by atoms with van der Waals surface area (Å²) in [6.45, 7) is 1.98. The second kappa shape index (κ2) is 6.45. The van der Waals surface area contributed by atoms with Crippen molar-refractivity contribution in [2.45, 2.75) is 6.92 Å². The lowest BCUT2D eigenvalue weighted by Crippen LogP contribution is -2.11. The van der Waals surface area contributed by atoms with E-state index >= 15 is 0 Å². The Bertz CT molecular complexity index is 949. The molecule has 0 saturated heterocycles. The van der Waals surface area contributed by atoms with Gasteiger partial charge in [-0.2, -0.15) is 0 Å². The van der Waals surface area contributed by atoms with Gasteiger partial charge in [0.05, 0.1) is 22.7 Å². The summed E-state index contributed by atoms with van der Waals surface area (Å²) in [4.78, 5) is 23.0. The van der Waals surface area contributed by atoms with Gasteiger partial charge in [-0.15, -0.1) is 0 Å². The smallest absolute Gasteiger partial charge is 0.355 e. The van der Waals surface area contributed by atoms with Crippen molar-refractivity contribution in [3.05, 3.63) is 68.8 Å². The Labute approximate surface area is 145 Å². The number of rotatable bonds is 4. The molecule has 1 aromatic heterocycles. The van der Waals surface area contributed by atoms with Crippen LogP contribution in [0, 0.1) is 10.1 Å². The lowest BCUT2D eigenvalue weighted by molar-refractivity contribution is -0.384. The molecule has 122 valence electrons. The number of hydrogen-bond acceptors (Lipinski definition) is 4. The number of non-ortho nitro benzene ring substituents is 1. The molecule has 0 atom stereocenters. The van der Waals surface area contributed by atoms with Crippen LogP contribution in [-0.2, 0) is 4.74 Å². The predicted octanol–water partition coefficient (Wildman–Crippen LogP) is 4.48. The molecule has 0 aliphatic heterocycles. The van der Waals surface area contributed by atoms with Crippen molar-refractivity contribution in [1.82, 2.24) is 4.57 Å². The molecular formula is C17H13BrN2O4. The highest BCUT2D eigenvalue weighted by Crippen LogP contribution is 2.31. The maximum atomic E-state index is 12.3. The van der Waals surface area contributed by atoms with E-state index in [2.05, 4.69) is 15.9 Å². The first-order chi connectivity index (χ1) is 11.5. The molecule has 24 heavy (non-hydrogen) atoms. The minimum absolute atomic E-state index is 0.0377. The van der Waals surface area contributed by atoms with Crippen molar-refractivity contribution in [2.24, 2.45) is 0 Å². The Morgan fingerprint density at radius 1 is 1.25 bits per heavy atom. The van der Waals surface area contributed by atoms with Crippen molar-refractivity contribution in [2.75, 3.05) is 6.61 Å². The largest absolute Gasteiger partial charge is 0.461 e. The molecule has 0 fully saturated rings. The highest BCUT2D eigenvalue weighted by Gasteiger charge is 2.21. The van der Waals surface area contributed by atoms with E-state index in [1.54, 1.807) is 23.6 Å². The summed E-state index contributed by atoms with van der Waals surface area (Å²) in [6, 6.07) is 13.5. The molecule has 0 bridgehead atoms. The summed E-state index contributed by atoms with van der Waals surface area (Å²) in [6.07, 6.45) is 0. The standard InChI is InChI=1S/C17H13BrN2O4/c1-2-24-17(21)16-9-11-7-8-12(20(22)23)10-15(11)19(16)14-6-4-3-5-13(14)18/h3-10H,2H2,1H3. The fraction of sp³-hybridized carbons (Fsp3) is 0.118. The van der Waals surface area contributed by atoms with Gasteiger partial charge < -0.3 is 9.30 Å². The molecular weight excluding hydrogens is 376 g/mol. The van der Waals surface area contributed by atoms with Crippen molar-refractivity contribution in [1.29, 1.82) is 0 Å². The second-order valence-corrected chi connectivity index (χ2v) is 5.89. The van der Waals surface area contributed by atoms with E-state index in [4.69, 9.17) is 4.74 Å². The van der Waals surface area contributed by atoms with Crippen LogP contribution < -0.4 is 0 Å². The van der Waals surface area contributed by atoms with E-state index in [0.717, 1.165) is 9.86 Å². The number of benzene rings is 2. The number of nitro benzene ring substituents is 1. The SMILES string of the molecule is CCOC(=O)c1cc2ccc([N+](=O)[O-])cc2n1-c1ccccc1Br. The number of esters is 1. The molecule has 0 aliphatic carbocycles. The quantitative estimate of drug-likeness (QED) is 0.375. The maximum Gasteiger partial charge on any atom is 0.355 e. The summed E-state index contributed by atoms with van der Waals surface area (Å²) < 4.78 is 7.56. The number of nitro groups is 1. The summed E-state index contributed by atoms with van der Waals surface area (Å²) in [7, 11) is 0. The Morgan fingerprint density at radius 3 is 2.67 bits per heavy atom. The number of aromatic nitrogens is 1. The molecule has 0 N–H and O–H groups in total. The molecule has 3 aromatic rings. The highest BCUT2D eigenvalue weighted by atomic mass is 79.9. The van der Waals surface area contributed by atoms with Gasteiger partial charge in [-0.1, -0.05) is 12.1 Å². The molecule has 0 amide bonds. The Morgan fingerprint density at radius 2 is 2.00 bits per heavy atom. The molecule has 0 radical (unpaired) electrons. The van der Waals surface area contributed by atoms with E-state index in [0.29, 0.717) is 16.9 Å². The summed E-state index contributed by atoms with van der Waals surface area (Å²) >= 11 is 3.47. The molecule has 0 aliphatic rings. The van der Waals surface area contributed by atoms with Gasteiger partial charge in [0.15, 0.2) is 0 Å². The van der Waals surface area contributed by atoms with Crippen molar-refractivity contribution in [3.63, 3.8) is 0 Å². The topological polar surface area (TPSA) is 74.4 Å². The van der Waals surface area contributed by atoms with E-state index in [9.17, 15) is 14.9 Å². The highest BCUT2D eigenvalue weighted by molar-refractivity contribution is 9.10. The third-order valence-electron chi connectivity index (χ3n) is 3.58. The van der Waals surface area contributed by atoms with Gasteiger partial charge in [0.1, 0.15) is 5.69 Å². The van der Waals surface area contributed by atoms with Crippen molar-refractivity contribution >= 4 is 38.5 Å². The number of carbonyl (C=O) groups excluding carboxylic acids is 1. The minimum atomic E-state index is -0.480. The van der Waals surface area contributed by atoms with Crippen molar-refractivity contribution in [3.8, 4) is 5.69 Å². The lowest BCUT2D eigenvalue weighted by Gasteiger charge is -2.12. The molecule has 3 rings (SSSR count). The van der Waals surface area contributed by atoms with Crippen LogP contribution in [0.5, 0.6) is 0 Å². The third kappa shape index (κ3) is 2.78. The van der Waals surface area contributed by atoms with Crippen LogP contribution in [0.25, 0.3) is 16.6 Å². The molecule has 0 spiro atoms. The second-order valence-electron chi connectivity index (χ2n) is 5.04. The number of fused-ring (bicyclic) bond motifs is 1. The van der Waals surface area contributed by atoms with Gasteiger partial charge in [0.25, 0.3) is 5.69 Å². The van der Waals surface area contributed by atoms with Crippen LogP contribution in [0.4, 0.5) is 5.69 Å². The zero-order valence-electron chi connectivity index (χ0n) is 12.7. The van der Waals surface area contributed by atoms with Gasteiger partial charge >= 0.3 is 5.97 Å². The van der Waals surface area contributed by atoms with Crippen LogP contribution in [0.15, 0.2) is 53.0 Å². The first-order valence-corrected chi connectivity index (χ1v) is 8.04. The van der Waals surface area contributed by atoms with Crippen LogP contribution in [0.2, 0.25) is 0 Å². The average Bonchev–Trinajstić information content (AvgIpc) is 2.94. The number of nitrogens with zero attached hydrogens (tertiary/aromatic N) is 2. The number of ether oxygens (including phenoxy) is 1. The predicted molar refractivity (Wildman–Crippen MR) is 93.6 cm³/mol. The van der Waals surface area contributed by atoms with E-state index in [1.807, 2.05) is 24.3 Å². The monoisotopic (exact) mass is 388 g/mol. The van der Waals surface area contributed by atoms with Crippen LogP contribution >= 0.6 is 15.9 Å². The number of carbonyl (C=O) groups is 1. The zero-order valence-corrected chi connectivity index (χ0v) is 14.3. The minimum Gasteiger partial charge on any atom is -0.461 e. The number of hydrogen-bond donors (Lipinski definition) is 0. The summed E-state index contributed by atoms with van der Waals surface area (Å²) in [5.41, 5.74) is 1.55. The first kappa shape index (κ1) is 16.2. The number of para-hydroxylation sites is 1. The maximum absolute atomic E-state index is 12.3. The van der Waals surface area contributed by atoms with Crippen LogP contribution in [-0.4, -0.2) is 22.1 Å². The summed E-state index contributed by atoms with van der Waals surface area (Å²) in [5, 5.41) is 11.8. The summed E-state index contributed by atoms with van der Waals surface area (Å²) in [5.74, 6) is -0.480. The molecule has 7 heteroatoms. The number of halogens is 1. The normalized spacial score (nSPS) is 10.8. The Hall–Kier alpha value is -2.67.